The predicted octanol–water partition coefficient (Wildman–Crippen LogP) is 2.69. The van der Waals surface area contributed by atoms with Gasteiger partial charge in [0.05, 0.1) is 5.52 Å². The van der Waals surface area contributed by atoms with Gasteiger partial charge in [0, 0.05) is 37.6 Å². The van der Waals surface area contributed by atoms with E-state index in [0.29, 0.717) is 6.04 Å². The van der Waals surface area contributed by atoms with Crippen LogP contribution in [0.25, 0.3) is 10.9 Å². The number of hydrogen-bond donors (Lipinski definition) is 0. The molecule has 0 amide bonds. The monoisotopic (exact) mass is 312 g/mol. The molecule has 1 aromatic carbocycles. The van der Waals surface area contributed by atoms with Crippen LogP contribution in [-0.4, -0.2) is 47.1 Å². The highest BCUT2D eigenvalue weighted by molar-refractivity contribution is 5.89. The molecule has 2 unspecified atom stereocenters. The minimum atomic E-state index is -0.224. The summed E-state index contributed by atoms with van der Waals surface area (Å²) in [4.78, 5) is 13.6. The van der Waals surface area contributed by atoms with Crippen molar-refractivity contribution in [2.24, 2.45) is 11.8 Å². The van der Waals surface area contributed by atoms with Crippen molar-refractivity contribution in [2.75, 3.05) is 31.1 Å². The Labute approximate surface area is 135 Å². The highest BCUT2D eigenvalue weighted by atomic mass is 19.1. The highest BCUT2D eigenvalue weighted by Crippen LogP contribution is 2.40. The number of nitrogens with zero attached hydrogens (tertiary/aromatic N) is 4. The Hall–Kier alpha value is -1.75. The smallest absolute Gasteiger partial charge is 0.140 e. The zero-order valence-corrected chi connectivity index (χ0v) is 13.2. The molecule has 2 aliphatic heterocycles. The molecule has 0 bridgehead atoms. The molecule has 3 fully saturated rings. The van der Waals surface area contributed by atoms with Gasteiger partial charge >= 0.3 is 0 Å². The van der Waals surface area contributed by atoms with E-state index in [9.17, 15) is 4.39 Å². The maximum absolute atomic E-state index is 13.6. The minimum absolute atomic E-state index is 0.224. The van der Waals surface area contributed by atoms with Crippen LogP contribution in [0.2, 0.25) is 0 Å². The summed E-state index contributed by atoms with van der Waals surface area (Å²) in [6, 6.07) is 5.38. The van der Waals surface area contributed by atoms with Gasteiger partial charge in [-0.1, -0.05) is 6.42 Å². The molecular weight excluding hydrogens is 291 g/mol. The lowest BCUT2D eigenvalue weighted by Gasteiger charge is -2.45. The number of benzene rings is 1. The Kier molecular flexibility index (Phi) is 3.05. The maximum Gasteiger partial charge on any atom is 0.140 e. The number of hydrogen-bond acceptors (Lipinski definition) is 4. The third-order valence-electron chi connectivity index (χ3n) is 6.01. The van der Waals surface area contributed by atoms with E-state index in [2.05, 4.69) is 19.8 Å². The maximum atomic E-state index is 13.6. The standard InChI is InChI=1S/C18H21FN4/c19-14-4-5-17-16(6-14)18(21-11-20-17)23-9-15(10-23)22-7-12-2-1-3-13(12)8-22/h4-6,11-13,15H,1-3,7-10H2. The fourth-order valence-electron chi connectivity index (χ4n) is 4.70. The molecule has 0 spiro atoms. The lowest BCUT2D eigenvalue weighted by atomic mass is 10.0. The Morgan fingerprint density at radius 3 is 2.57 bits per heavy atom. The molecule has 1 aromatic heterocycles. The number of likely N-dealkylation sites (tertiary alicyclic amines) is 1. The van der Waals surface area contributed by atoms with Crippen molar-refractivity contribution in [3.05, 3.63) is 30.3 Å². The number of aromatic nitrogens is 2. The number of fused-ring (bicyclic) bond motifs is 2. The Morgan fingerprint density at radius 1 is 1.00 bits per heavy atom. The summed E-state index contributed by atoms with van der Waals surface area (Å²) in [5, 5.41) is 0.823. The summed E-state index contributed by atoms with van der Waals surface area (Å²) in [5.41, 5.74) is 0.815. The van der Waals surface area contributed by atoms with E-state index >= 15 is 0 Å². The van der Waals surface area contributed by atoms with Crippen LogP contribution in [0, 0.1) is 17.7 Å². The third-order valence-corrected chi connectivity index (χ3v) is 6.01. The Morgan fingerprint density at radius 2 is 1.78 bits per heavy atom. The van der Waals surface area contributed by atoms with E-state index < -0.39 is 0 Å². The Balaban J connectivity index is 1.33. The van der Waals surface area contributed by atoms with Gasteiger partial charge in [-0.05, 0) is 42.9 Å². The molecule has 2 saturated heterocycles. The molecule has 0 N–H and O–H groups in total. The summed E-state index contributed by atoms with van der Waals surface area (Å²) in [5.74, 6) is 2.54. The average Bonchev–Trinajstić information content (AvgIpc) is 3.07. The quantitative estimate of drug-likeness (QED) is 0.853. The normalized spacial score (nSPS) is 28.3. The molecule has 4 nitrogen and oxygen atoms in total. The highest BCUT2D eigenvalue weighted by Gasteiger charge is 2.42. The van der Waals surface area contributed by atoms with E-state index in [1.54, 1.807) is 18.5 Å². The third kappa shape index (κ3) is 2.21. The van der Waals surface area contributed by atoms with E-state index in [4.69, 9.17) is 0 Å². The molecule has 2 aromatic rings. The lowest BCUT2D eigenvalue weighted by molar-refractivity contribution is 0.190. The zero-order valence-electron chi connectivity index (χ0n) is 13.2. The first-order chi connectivity index (χ1) is 11.3. The van der Waals surface area contributed by atoms with Crippen molar-refractivity contribution >= 4 is 16.7 Å². The van der Waals surface area contributed by atoms with Crippen LogP contribution in [0.3, 0.4) is 0 Å². The van der Waals surface area contributed by atoms with Crippen LogP contribution in [0.4, 0.5) is 10.2 Å². The van der Waals surface area contributed by atoms with Gasteiger partial charge in [0.25, 0.3) is 0 Å². The van der Waals surface area contributed by atoms with Gasteiger partial charge in [-0.3, -0.25) is 4.90 Å². The van der Waals surface area contributed by atoms with Crippen LogP contribution < -0.4 is 4.90 Å². The summed E-state index contributed by atoms with van der Waals surface area (Å²) < 4.78 is 13.6. The average molecular weight is 312 g/mol. The Bertz CT molecular complexity index is 731. The molecule has 2 atom stereocenters. The van der Waals surface area contributed by atoms with Crippen molar-refractivity contribution in [1.29, 1.82) is 0 Å². The van der Waals surface area contributed by atoms with Crippen molar-refractivity contribution in [1.82, 2.24) is 14.9 Å². The first-order valence-corrected chi connectivity index (χ1v) is 8.67. The number of halogens is 1. The molecule has 0 radical (unpaired) electrons. The van der Waals surface area contributed by atoms with Crippen LogP contribution in [-0.2, 0) is 0 Å². The van der Waals surface area contributed by atoms with Gasteiger partial charge in [-0.2, -0.15) is 0 Å². The van der Waals surface area contributed by atoms with E-state index in [1.807, 2.05) is 0 Å². The number of anilines is 1. The SMILES string of the molecule is Fc1ccc2ncnc(N3CC(N4CC5CCCC5C4)C3)c2c1. The second kappa shape index (κ2) is 5.13. The molecule has 3 aliphatic rings. The fourth-order valence-corrected chi connectivity index (χ4v) is 4.70. The van der Waals surface area contributed by atoms with Crippen LogP contribution in [0.5, 0.6) is 0 Å². The molecule has 1 saturated carbocycles. The molecule has 23 heavy (non-hydrogen) atoms. The van der Waals surface area contributed by atoms with Gasteiger partial charge < -0.3 is 4.90 Å². The van der Waals surface area contributed by atoms with E-state index in [-0.39, 0.29) is 5.82 Å². The second-order valence-electron chi connectivity index (χ2n) is 7.32. The molecule has 120 valence electrons. The van der Waals surface area contributed by atoms with E-state index in [1.165, 1.54) is 38.4 Å². The van der Waals surface area contributed by atoms with Gasteiger partial charge in [0.2, 0.25) is 0 Å². The van der Waals surface area contributed by atoms with Gasteiger partial charge in [-0.15, -0.1) is 0 Å². The molecule has 1 aliphatic carbocycles. The van der Waals surface area contributed by atoms with Gasteiger partial charge in [-0.25, -0.2) is 14.4 Å². The molecule has 5 rings (SSSR count). The fraction of sp³-hybridized carbons (Fsp3) is 0.556. The predicted molar refractivity (Wildman–Crippen MR) is 87.9 cm³/mol. The van der Waals surface area contributed by atoms with Crippen molar-refractivity contribution < 1.29 is 4.39 Å². The summed E-state index contributed by atoms with van der Waals surface area (Å²) in [6.07, 6.45) is 5.86. The van der Waals surface area contributed by atoms with E-state index in [0.717, 1.165) is 41.6 Å². The molecular formula is C18H21FN4. The lowest BCUT2D eigenvalue weighted by Crippen LogP contribution is -2.59. The van der Waals surface area contributed by atoms with Crippen LogP contribution >= 0.6 is 0 Å². The van der Waals surface area contributed by atoms with Gasteiger partial charge in [0.1, 0.15) is 18.0 Å². The number of rotatable bonds is 2. The van der Waals surface area contributed by atoms with Crippen LogP contribution in [0.1, 0.15) is 19.3 Å². The molecule has 5 heteroatoms. The first kappa shape index (κ1) is 13.7. The summed E-state index contributed by atoms with van der Waals surface area (Å²) in [6.45, 7) is 4.56. The zero-order chi connectivity index (χ0) is 15.4. The van der Waals surface area contributed by atoms with Crippen molar-refractivity contribution in [2.45, 2.75) is 25.3 Å². The molecule has 3 heterocycles. The van der Waals surface area contributed by atoms with Gasteiger partial charge in [0.15, 0.2) is 0 Å². The summed E-state index contributed by atoms with van der Waals surface area (Å²) >= 11 is 0. The first-order valence-electron chi connectivity index (χ1n) is 8.67. The van der Waals surface area contributed by atoms with Crippen molar-refractivity contribution in [3.8, 4) is 0 Å². The topological polar surface area (TPSA) is 32.3 Å². The van der Waals surface area contributed by atoms with Crippen LogP contribution in [0.15, 0.2) is 24.5 Å². The largest absolute Gasteiger partial charge is 0.353 e. The second-order valence-corrected chi connectivity index (χ2v) is 7.32. The summed E-state index contributed by atoms with van der Waals surface area (Å²) in [7, 11) is 0. The minimum Gasteiger partial charge on any atom is -0.353 e. The van der Waals surface area contributed by atoms with Crippen molar-refractivity contribution in [3.63, 3.8) is 0 Å².